The topological polar surface area (TPSA) is 73.9 Å². The van der Waals surface area contributed by atoms with Gasteiger partial charge in [-0.05, 0) is 49.1 Å². The van der Waals surface area contributed by atoms with Crippen molar-refractivity contribution < 1.29 is 9.18 Å². The highest BCUT2D eigenvalue weighted by Gasteiger charge is 2.27. The lowest BCUT2D eigenvalue weighted by Gasteiger charge is -2.35. The van der Waals surface area contributed by atoms with Crippen LogP contribution in [-0.2, 0) is 6.42 Å². The van der Waals surface area contributed by atoms with Crippen molar-refractivity contribution in [2.45, 2.75) is 31.7 Å². The predicted octanol–water partition coefficient (Wildman–Crippen LogP) is 3.58. The summed E-state index contributed by atoms with van der Waals surface area (Å²) >= 11 is 0. The molecule has 7 heteroatoms. The zero-order valence-electron chi connectivity index (χ0n) is 15.0. The first-order chi connectivity index (χ1) is 13.2. The number of aromatic amines is 1. The molecular weight excluding hydrogens is 345 g/mol. The first-order valence-electron chi connectivity index (χ1n) is 9.29. The van der Waals surface area contributed by atoms with E-state index in [1.807, 2.05) is 23.2 Å². The number of nitrogens with one attached hydrogen (secondary N) is 2. The quantitative estimate of drug-likeness (QED) is 0.740. The van der Waals surface area contributed by atoms with Crippen LogP contribution in [0, 0.1) is 5.82 Å². The maximum Gasteiger partial charge on any atom is 0.317 e. The van der Waals surface area contributed by atoms with Crippen LogP contribution in [0.5, 0.6) is 0 Å². The lowest BCUT2D eigenvalue weighted by molar-refractivity contribution is 0.151. The summed E-state index contributed by atoms with van der Waals surface area (Å²) in [6.07, 6.45) is 7.22. The SMILES string of the molecule is O=C(NCCc1nc2ccc(F)cc2[nH]1)N1CCCC[C@@H]1c1cccnc1. The second-order valence-corrected chi connectivity index (χ2v) is 6.82. The standard InChI is InChI=1S/C20H22FN5O/c21-15-6-7-16-17(12-15)25-19(24-16)8-10-23-20(27)26-11-2-1-5-18(26)14-4-3-9-22-13-14/h3-4,6-7,9,12-13,18H,1-2,5,8,10-11H2,(H,23,27)(H,24,25)/t18-/m1/s1. The minimum absolute atomic E-state index is 0.0642. The number of carbonyl (C=O) groups is 1. The molecule has 1 atom stereocenters. The Hall–Kier alpha value is -2.96. The zero-order valence-corrected chi connectivity index (χ0v) is 15.0. The second-order valence-electron chi connectivity index (χ2n) is 6.82. The molecule has 1 aromatic carbocycles. The molecule has 2 amide bonds. The minimum atomic E-state index is -0.294. The molecule has 0 saturated carbocycles. The molecule has 3 heterocycles. The van der Waals surface area contributed by atoms with E-state index in [4.69, 9.17) is 0 Å². The fourth-order valence-corrected chi connectivity index (χ4v) is 3.64. The average Bonchev–Trinajstić information content (AvgIpc) is 3.10. The number of pyridine rings is 1. The van der Waals surface area contributed by atoms with Gasteiger partial charge in [0, 0.05) is 31.9 Å². The number of nitrogens with zero attached hydrogens (tertiary/aromatic N) is 3. The number of urea groups is 1. The van der Waals surface area contributed by atoms with Crippen LogP contribution in [0.2, 0.25) is 0 Å². The van der Waals surface area contributed by atoms with Gasteiger partial charge in [0.25, 0.3) is 0 Å². The molecule has 27 heavy (non-hydrogen) atoms. The Balaban J connectivity index is 1.37. The van der Waals surface area contributed by atoms with Crippen LogP contribution < -0.4 is 5.32 Å². The Bertz CT molecular complexity index is 927. The van der Waals surface area contributed by atoms with Gasteiger partial charge in [0.05, 0.1) is 17.1 Å². The number of halogens is 1. The summed E-state index contributed by atoms with van der Waals surface area (Å²) in [7, 11) is 0. The summed E-state index contributed by atoms with van der Waals surface area (Å²) in [5.41, 5.74) is 2.47. The molecule has 0 radical (unpaired) electrons. The summed E-state index contributed by atoms with van der Waals surface area (Å²) in [4.78, 5) is 26.3. The maximum atomic E-state index is 13.3. The summed E-state index contributed by atoms with van der Waals surface area (Å²) in [5, 5.41) is 2.99. The molecule has 3 aromatic rings. The summed E-state index contributed by atoms with van der Waals surface area (Å²) in [5.74, 6) is 0.441. The van der Waals surface area contributed by atoms with Crippen LogP contribution in [0.4, 0.5) is 9.18 Å². The monoisotopic (exact) mass is 367 g/mol. The van der Waals surface area contributed by atoms with Gasteiger partial charge >= 0.3 is 6.03 Å². The number of hydrogen-bond acceptors (Lipinski definition) is 3. The van der Waals surface area contributed by atoms with Gasteiger partial charge in [0.1, 0.15) is 11.6 Å². The van der Waals surface area contributed by atoms with Crippen molar-refractivity contribution in [3.8, 4) is 0 Å². The van der Waals surface area contributed by atoms with E-state index in [9.17, 15) is 9.18 Å². The zero-order chi connectivity index (χ0) is 18.6. The molecule has 1 saturated heterocycles. The van der Waals surface area contributed by atoms with Crippen molar-refractivity contribution in [3.63, 3.8) is 0 Å². The van der Waals surface area contributed by atoms with Crippen LogP contribution in [0.3, 0.4) is 0 Å². The number of benzene rings is 1. The van der Waals surface area contributed by atoms with Gasteiger partial charge in [-0.2, -0.15) is 0 Å². The van der Waals surface area contributed by atoms with Gasteiger partial charge in [0.2, 0.25) is 0 Å². The minimum Gasteiger partial charge on any atom is -0.342 e. The van der Waals surface area contributed by atoms with E-state index in [2.05, 4.69) is 20.3 Å². The molecule has 4 rings (SSSR count). The normalized spacial score (nSPS) is 17.2. The fourth-order valence-electron chi connectivity index (χ4n) is 3.64. The molecule has 2 aromatic heterocycles. The van der Waals surface area contributed by atoms with Gasteiger partial charge in [-0.3, -0.25) is 4.98 Å². The van der Waals surface area contributed by atoms with Crippen LogP contribution in [0.25, 0.3) is 11.0 Å². The highest BCUT2D eigenvalue weighted by Crippen LogP contribution is 2.30. The molecule has 0 aliphatic carbocycles. The van der Waals surface area contributed by atoms with Crippen LogP contribution in [0.15, 0.2) is 42.7 Å². The van der Waals surface area contributed by atoms with E-state index < -0.39 is 0 Å². The number of H-pyrrole nitrogens is 1. The van der Waals surface area contributed by atoms with Crippen molar-refractivity contribution in [1.82, 2.24) is 25.2 Å². The third-order valence-electron chi connectivity index (χ3n) is 4.96. The molecule has 1 aliphatic rings. The van der Waals surface area contributed by atoms with Crippen molar-refractivity contribution in [1.29, 1.82) is 0 Å². The van der Waals surface area contributed by atoms with Gasteiger partial charge < -0.3 is 15.2 Å². The number of hydrogen-bond donors (Lipinski definition) is 2. The third-order valence-corrected chi connectivity index (χ3v) is 4.96. The van der Waals surface area contributed by atoms with Crippen molar-refractivity contribution in [3.05, 3.63) is 59.9 Å². The van der Waals surface area contributed by atoms with E-state index in [-0.39, 0.29) is 17.9 Å². The summed E-state index contributed by atoms with van der Waals surface area (Å²) in [6.45, 7) is 1.21. The molecule has 1 fully saturated rings. The largest absolute Gasteiger partial charge is 0.342 e. The Morgan fingerprint density at radius 2 is 2.26 bits per heavy atom. The van der Waals surface area contributed by atoms with Crippen molar-refractivity contribution in [2.75, 3.05) is 13.1 Å². The first kappa shape index (κ1) is 17.5. The lowest BCUT2D eigenvalue weighted by atomic mass is 9.97. The molecule has 140 valence electrons. The van der Waals surface area contributed by atoms with E-state index in [0.717, 1.165) is 42.7 Å². The van der Waals surface area contributed by atoms with E-state index in [1.54, 1.807) is 12.3 Å². The van der Waals surface area contributed by atoms with Gasteiger partial charge in [-0.1, -0.05) is 6.07 Å². The molecule has 6 nitrogen and oxygen atoms in total. The number of fused-ring (bicyclic) bond motifs is 1. The number of likely N-dealkylation sites (tertiary alicyclic amines) is 1. The Kier molecular flexibility index (Phi) is 5.00. The van der Waals surface area contributed by atoms with Gasteiger partial charge in [-0.25, -0.2) is 14.2 Å². The lowest BCUT2D eigenvalue weighted by Crippen LogP contribution is -2.45. The third kappa shape index (κ3) is 3.92. The highest BCUT2D eigenvalue weighted by atomic mass is 19.1. The molecule has 0 spiro atoms. The molecule has 2 N–H and O–H groups in total. The average molecular weight is 367 g/mol. The Labute approximate surface area is 156 Å². The number of piperidine rings is 1. The van der Waals surface area contributed by atoms with Crippen LogP contribution >= 0.6 is 0 Å². The second kappa shape index (κ2) is 7.73. The van der Waals surface area contributed by atoms with E-state index >= 15 is 0 Å². The first-order valence-corrected chi connectivity index (χ1v) is 9.29. The van der Waals surface area contributed by atoms with E-state index in [0.29, 0.717) is 18.5 Å². The number of amides is 2. The van der Waals surface area contributed by atoms with E-state index in [1.165, 1.54) is 12.1 Å². The Morgan fingerprint density at radius 1 is 1.33 bits per heavy atom. The number of aromatic nitrogens is 3. The predicted molar refractivity (Wildman–Crippen MR) is 101 cm³/mol. The molecule has 1 aliphatic heterocycles. The fraction of sp³-hybridized carbons (Fsp3) is 0.350. The van der Waals surface area contributed by atoms with Crippen LogP contribution in [-0.4, -0.2) is 39.0 Å². The number of rotatable bonds is 4. The maximum absolute atomic E-state index is 13.3. The van der Waals surface area contributed by atoms with Gasteiger partial charge in [0.15, 0.2) is 0 Å². The highest BCUT2D eigenvalue weighted by molar-refractivity contribution is 5.75. The van der Waals surface area contributed by atoms with Crippen molar-refractivity contribution in [2.24, 2.45) is 0 Å². The van der Waals surface area contributed by atoms with Gasteiger partial charge in [-0.15, -0.1) is 0 Å². The smallest absolute Gasteiger partial charge is 0.317 e. The van der Waals surface area contributed by atoms with Crippen molar-refractivity contribution >= 4 is 17.1 Å². The molecule has 0 bridgehead atoms. The number of carbonyl (C=O) groups excluding carboxylic acids is 1. The number of imidazole rings is 1. The molecule has 0 unspecified atom stereocenters. The summed E-state index contributed by atoms with van der Waals surface area (Å²) < 4.78 is 13.3. The van der Waals surface area contributed by atoms with Crippen LogP contribution in [0.1, 0.15) is 36.7 Å². The Morgan fingerprint density at radius 3 is 3.11 bits per heavy atom. The summed E-state index contributed by atoms with van der Waals surface area (Å²) in [6, 6.07) is 8.41. The molecular formula is C20H22FN5O.